The molecule has 1 rings (SSSR count). The molecule has 1 aliphatic carbocycles. The summed E-state index contributed by atoms with van der Waals surface area (Å²) in [5, 5.41) is 9.47. The van der Waals surface area contributed by atoms with Crippen molar-refractivity contribution in [1.82, 2.24) is 4.90 Å². The van der Waals surface area contributed by atoms with Crippen LogP contribution in [0.15, 0.2) is 0 Å². The Kier molecular flexibility index (Phi) is 6.00. The summed E-state index contributed by atoms with van der Waals surface area (Å²) in [4.78, 5) is 25.8. The number of rotatable bonds is 5. The first-order valence-electron chi connectivity index (χ1n) is 7.35. The van der Waals surface area contributed by atoms with Crippen molar-refractivity contribution < 1.29 is 14.3 Å². The number of amides is 1. The molecule has 20 heavy (non-hydrogen) atoms. The standard InChI is InChI=1S/C15H24N2O3/c1-4-20-13(18)10-17(12(2)3)14(19)15(11-16)8-6-5-7-9-15/h12H,4-10H2,1-3H3. The van der Waals surface area contributed by atoms with Crippen molar-refractivity contribution in [3.8, 4) is 6.07 Å². The molecule has 0 bridgehead atoms. The Morgan fingerprint density at radius 1 is 1.30 bits per heavy atom. The van der Waals surface area contributed by atoms with Gasteiger partial charge in [-0.2, -0.15) is 5.26 Å². The Morgan fingerprint density at radius 2 is 1.90 bits per heavy atom. The van der Waals surface area contributed by atoms with E-state index in [0.717, 1.165) is 19.3 Å². The monoisotopic (exact) mass is 280 g/mol. The maximum absolute atomic E-state index is 12.7. The lowest BCUT2D eigenvalue weighted by Crippen LogP contribution is -2.49. The molecule has 112 valence electrons. The van der Waals surface area contributed by atoms with Crippen molar-refractivity contribution in [2.45, 2.75) is 58.9 Å². The smallest absolute Gasteiger partial charge is 0.325 e. The van der Waals surface area contributed by atoms with Crippen molar-refractivity contribution in [3.05, 3.63) is 0 Å². The molecule has 0 aromatic heterocycles. The van der Waals surface area contributed by atoms with Crippen LogP contribution in [0.1, 0.15) is 52.9 Å². The molecule has 5 heteroatoms. The van der Waals surface area contributed by atoms with Crippen molar-refractivity contribution in [1.29, 1.82) is 5.26 Å². The molecule has 0 atom stereocenters. The van der Waals surface area contributed by atoms with Crippen LogP contribution in [0.4, 0.5) is 0 Å². The summed E-state index contributed by atoms with van der Waals surface area (Å²) >= 11 is 0. The maximum atomic E-state index is 12.7. The van der Waals surface area contributed by atoms with E-state index in [-0.39, 0.29) is 18.5 Å². The summed E-state index contributed by atoms with van der Waals surface area (Å²) in [6, 6.07) is 2.09. The van der Waals surface area contributed by atoms with E-state index in [1.165, 1.54) is 4.90 Å². The van der Waals surface area contributed by atoms with E-state index in [2.05, 4.69) is 6.07 Å². The molecule has 1 fully saturated rings. The minimum Gasteiger partial charge on any atom is -0.465 e. The van der Waals surface area contributed by atoms with Crippen LogP contribution in [-0.4, -0.2) is 36.0 Å². The van der Waals surface area contributed by atoms with Crippen LogP contribution in [-0.2, 0) is 14.3 Å². The maximum Gasteiger partial charge on any atom is 0.325 e. The normalized spacial score (nSPS) is 17.4. The minimum absolute atomic E-state index is 0.0756. The van der Waals surface area contributed by atoms with Gasteiger partial charge in [-0.15, -0.1) is 0 Å². The average molecular weight is 280 g/mol. The molecular weight excluding hydrogens is 256 g/mol. The highest BCUT2D eigenvalue weighted by Gasteiger charge is 2.43. The van der Waals surface area contributed by atoms with E-state index in [1.54, 1.807) is 6.92 Å². The molecule has 0 aromatic rings. The van der Waals surface area contributed by atoms with Crippen LogP contribution in [0, 0.1) is 16.7 Å². The lowest BCUT2D eigenvalue weighted by Gasteiger charge is -2.36. The second-order valence-corrected chi connectivity index (χ2v) is 5.59. The second kappa shape index (κ2) is 7.28. The van der Waals surface area contributed by atoms with Crippen LogP contribution in [0.3, 0.4) is 0 Å². The minimum atomic E-state index is -0.949. The van der Waals surface area contributed by atoms with Crippen LogP contribution in [0.5, 0.6) is 0 Å². The zero-order chi connectivity index (χ0) is 15.2. The molecule has 0 aliphatic heterocycles. The van der Waals surface area contributed by atoms with Crippen LogP contribution >= 0.6 is 0 Å². The predicted molar refractivity (Wildman–Crippen MR) is 74.6 cm³/mol. The van der Waals surface area contributed by atoms with Gasteiger partial charge in [0.15, 0.2) is 0 Å². The fourth-order valence-electron chi connectivity index (χ4n) is 2.64. The van der Waals surface area contributed by atoms with E-state index in [1.807, 2.05) is 13.8 Å². The topological polar surface area (TPSA) is 70.4 Å². The highest BCUT2D eigenvalue weighted by Crippen LogP contribution is 2.37. The number of hydrogen-bond donors (Lipinski definition) is 0. The molecule has 0 heterocycles. The van der Waals surface area contributed by atoms with Crippen LogP contribution < -0.4 is 0 Å². The number of esters is 1. The van der Waals surface area contributed by atoms with Crippen molar-refractivity contribution in [2.24, 2.45) is 5.41 Å². The molecule has 0 unspecified atom stereocenters. The summed E-state index contributed by atoms with van der Waals surface area (Å²) in [6.45, 7) is 5.66. The number of ether oxygens (including phenoxy) is 1. The third-order valence-corrected chi connectivity index (χ3v) is 3.82. The van der Waals surface area contributed by atoms with Gasteiger partial charge in [0.25, 0.3) is 0 Å². The van der Waals surface area contributed by atoms with Crippen molar-refractivity contribution in [3.63, 3.8) is 0 Å². The molecule has 0 saturated heterocycles. The lowest BCUT2D eigenvalue weighted by molar-refractivity contribution is -0.153. The molecule has 0 radical (unpaired) electrons. The largest absolute Gasteiger partial charge is 0.465 e. The molecule has 0 aromatic carbocycles. The zero-order valence-corrected chi connectivity index (χ0v) is 12.6. The van der Waals surface area contributed by atoms with E-state index < -0.39 is 11.4 Å². The summed E-state index contributed by atoms with van der Waals surface area (Å²) in [5.41, 5.74) is -0.949. The molecule has 5 nitrogen and oxygen atoms in total. The molecule has 0 spiro atoms. The van der Waals surface area contributed by atoms with E-state index in [0.29, 0.717) is 19.4 Å². The van der Waals surface area contributed by atoms with Gasteiger partial charge in [0.1, 0.15) is 12.0 Å². The predicted octanol–water partition coefficient (Wildman–Crippen LogP) is 2.26. The van der Waals surface area contributed by atoms with E-state index in [9.17, 15) is 14.9 Å². The Hall–Kier alpha value is -1.57. The van der Waals surface area contributed by atoms with E-state index >= 15 is 0 Å². The zero-order valence-electron chi connectivity index (χ0n) is 12.6. The number of carbonyl (C=O) groups is 2. The van der Waals surface area contributed by atoms with Gasteiger partial charge in [-0.05, 0) is 33.6 Å². The number of nitriles is 1. The summed E-state index contributed by atoms with van der Waals surface area (Å²) < 4.78 is 4.91. The van der Waals surface area contributed by atoms with Gasteiger partial charge in [-0.25, -0.2) is 0 Å². The Labute approximate surface area is 120 Å². The average Bonchev–Trinajstić information content (AvgIpc) is 2.44. The summed E-state index contributed by atoms with van der Waals surface area (Å²) in [5.74, 6) is -0.638. The van der Waals surface area contributed by atoms with Gasteiger partial charge in [0.05, 0.1) is 12.7 Å². The third-order valence-electron chi connectivity index (χ3n) is 3.82. The first-order valence-corrected chi connectivity index (χ1v) is 7.35. The molecule has 1 aliphatic rings. The molecule has 1 saturated carbocycles. The van der Waals surface area contributed by atoms with Gasteiger partial charge >= 0.3 is 5.97 Å². The van der Waals surface area contributed by atoms with Crippen LogP contribution in [0.25, 0.3) is 0 Å². The molecular formula is C15H24N2O3. The van der Waals surface area contributed by atoms with Gasteiger partial charge in [-0.1, -0.05) is 19.3 Å². The van der Waals surface area contributed by atoms with Crippen molar-refractivity contribution >= 4 is 11.9 Å². The highest BCUT2D eigenvalue weighted by molar-refractivity contribution is 5.88. The van der Waals surface area contributed by atoms with E-state index in [4.69, 9.17) is 4.74 Å². The first-order chi connectivity index (χ1) is 9.46. The molecule has 1 amide bonds. The Morgan fingerprint density at radius 3 is 2.35 bits per heavy atom. The third kappa shape index (κ3) is 3.72. The number of nitrogens with zero attached hydrogens (tertiary/aromatic N) is 2. The van der Waals surface area contributed by atoms with Gasteiger partial charge in [-0.3, -0.25) is 9.59 Å². The number of hydrogen-bond acceptors (Lipinski definition) is 4. The Balaban J connectivity index is 2.87. The SMILES string of the molecule is CCOC(=O)CN(C(=O)C1(C#N)CCCCC1)C(C)C. The first kappa shape index (κ1) is 16.5. The summed E-state index contributed by atoms with van der Waals surface area (Å²) in [6.07, 6.45) is 4.04. The molecule has 0 N–H and O–H groups in total. The lowest BCUT2D eigenvalue weighted by atomic mass is 9.74. The quantitative estimate of drug-likeness (QED) is 0.724. The fourth-order valence-corrected chi connectivity index (χ4v) is 2.64. The highest BCUT2D eigenvalue weighted by atomic mass is 16.5. The second-order valence-electron chi connectivity index (χ2n) is 5.59. The van der Waals surface area contributed by atoms with Gasteiger partial charge in [0, 0.05) is 6.04 Å². The fraction of sp³-hybridized carbons (Fsp3) is 0.800. The van der Waals surface area contributed by atoms with Crippen LogP contribution in [0.2, 0.25) is 0 Å². The van der Waals surface area contributed by atoms with Gasteiger partial charge in [0.2, 0.25) is 5.91 Å². The summed E-state index contributed by atoms with van der Waals surface area (Å²) in [7, 11) is 0. The Bertz CT molecular complexity index is 392. The van der Waals surface area contributed by atoms with Gasteiger partial charge < -0.3 is 9.64 Å². The van der Waals surface area contributed by atoms with Crippen molar-refractivity contribution in [2.75, 3.05) is 13.2 Å². The number of carbonyl (C=O) groups excluding carboxylic acids is 2.